The van der Waals surface area contributed by atoms with Crippen LogP contribution in [0.1, 0.15) is 34.1 Å². The molecule has 1 aliphatic rings. The Morgan fingerprint density at radius 1 is 1.29 bits per heavy atom. The number of carbonyl (C=O) groups is 1. The monoisotopic (exact) mass is 400 g/mol. The third-order valence-electron chi connectivity index (χ3n) is 5.62. The van der Waals surface area contributed by atoms with Gasteiger partial charge in [0.25, 0.3) is 0 Å². The number of hydrogen-bond acceptors (Lipinski definition) is 3. The Hall–Kier alpha value is -2.21. The molecule has 0 saturated carbocycles. The number of aldehydes is 1. The molecule has 0 bridgehead atoms. The van der Waals surface area contributed by atoms with Crippen molar-refractivity contribution in [3.05, 3.63) is 69.6 Å². The maximum atomic E-state index is 14.1. The minimum atomic E-state index is -1.30. The van der Waals surface area contributed by atoms with Gasteiger partial charge in [-0.3, -0.25) is 4.79 Å². The Balaban J connectivity index is 1.81. The van der Waals surface area contributed by atoms with Crippen LogP contribution in [-0.4, -0.2) is 34.5 Å². The van der Waals surface area contributed by atoms with Crippen molar-refractivity contribution in [3.63, 3.8) is 0 Å². The fraction of sp³-hybridized carbons (Fsp3) is 0.318. The maximum Gasteiger partial charge on any atom is 0.152 e. The minimum Gasteiger partial charge on any atom is -0.384 e. The highest BCUT2D eigenvalue weighted by Gasteiger charge is 2.29. The molecule has 1 aromatic heterocycles. The molecule has 0 radical (unpaired) electrons. The van der Waals surface area contributed by atoms with Gasteiger partial charge >= 0.3 is 0 Å². The molecule has 1 N–H and O–H groups in total. The zero-order chi connectivity index (χ0) is 20.1. The van der Waals surface area contributed by atoms with Crippen LogP contribution in [0.25, 0.3) is 10.9 Å². The third kappa shape index (κ3) is 3.24. The second-order valence-electron chi connectivity index (χ2n) is 7.79. The van der Waals surface area contributed by atoms with E-state index in [1.165, 1.54) is 23.4 Å². The van der Waals surface area contributed by atoms with Gasteiger partial charge < -0.3 is 14.6 Å². The van der Waals surface area contributed by atoms with Gasteiger partial charge in [0.15, 0.2) is 6.29 Å². The summed E-state index contributed by atoms with van der Waals surface area (Å²) < 4.78 is 16.2. The second kappa shape index (κ2) is 6.99. The molecule has 1 atom stereocenters. The number of rotatable bonds is 4. The topological polar surface area (TPSA) is 45.5 Å². The molecule has 2 aromatic carbocycles. The molecule has 0 amide bonds. The van der Waals surface area contributed by atoms with Crippen molar-refractivity contribution < 1.29 is 14.3 Å². The first-order valence-corrected chi connectivity index (χ1v) is 9.63. The van der Waals surface area contributed by atoms with Crippen LogP contribution in [-0.2, 0) is 25.1 Å². The van der Waals surface area contributed by atoms with Gasteiger partial charge in [-0.05, 0) is 55.4 Å². The summed E-state index contributed by atoms with van der Waals surface area (Å²) >= 11 is 6.24. The van der Waals surface area contributed by atoms with Crippen molar-refractivity contribution in [1.82, 2.24) is 9.47 Å². The maximum absolute atomic E-state index is 14.1. The summed E-state index contributed by atoms with van der Waals surface area (Å²) in [6.07, 6.45) is 1.34. The van der Waals surface area contributed by atoms with Crippen molar-refractivity contribution in [3.8, 4) is 0 Å². The Kier molecular flexibility index (Phi) is 4.78. The van der Waals surface area contributed by atoms with Crippen LogP contribution in [0.15, 0.2) is 36.4 Å². The Bertz CT molecular complexity index is 1070. The summed E-state index contributed by atoms with van der Waals surface area (Å²) in [5.74, 6) is -0.624. The summed E-state index contributed by atoms with van der Waals surface area (Å²) in [5.41, 5.74) is 2.54. The largest absolute Gasteiger partial charge is 0.384 e. The molecule has 3 aromatic rings. The zero-order valence-corrected chi connectivity index (χ0v) is 16.6. The van der Waals surface area contributed by atoms with Crippen molar-refractivity contribution in [2.45, 2.75) is 32.0 Å². The first-order chi connectivity index (χ1) is 13.3. The number of halogens is 2. The average Bonchev–Trinajstić information content (AvgIpc) is 2.93. The normalized spacial score (nSPS) is 16.8. The minimum absolute atomic E-state index is 0.0129. The molecule has 0 saturated heterocycles. The van der Waals surface area contributed by atoms with Gasteiger partial charge in [-0.25, -0.2) is 4.39 Å². The number of fused-ring (bicyclic) bond motifs is 3. The number of aromatic nitrogens is 1. The number of likely N-dealkylation sites (N-methyl/N-ethyl adjacent to an activating group) is 1. The van der Waals surface area contributed by atoms with E-state index in [2.05, 4.69) is 16.5 Å². The van der Waals surface area contributed by atoms with Crippen molar-refractivity contribution in [2.24, 2.45) is 0 Å². The lowest BCUT2D eigenvalue weighted by Gasteiger charge is -2.29. The molecule has 4 rings (SSSR count). The van der Waals surface area contributed by atoms with Gasteiger partial charge in [0.05, 0.1) is 12.1 Å². The number of carbonyl (C=O) groups excluding carboxylic acids is 1. The number of hydrogen-bond donors (Lipinski definition) is 1. The summed E-state index contributed by atoms with van der Waals surface area (Å²) in [4.78, 5) is 13.1. The van der Waals surface area contributed by atoms with Gasteiger partial charge in [-0.1, -0.05) is 17.7 Å². The molecule has 6 heteroatoms. The molecule has 4 nitrogen and oxygen atoms in total. The van der Waals surface area contributed by atoms with Gasteiger partial charge in [-0.2, -0.15) is 0 Å². The van der Waals surface area contributed by atoms with E-state index in [-0.39, 0.29) is 12.1 Å². The molecule has 0 fully saturated rings. The zero-order valence-electron chi connectivity index (χ0n) is 15.9. The Morgan fingerprint density at radius 2 is 2.07 bits per heavy atom. The van der Waals surface area contributed by atoms with Crippen LogP contribution in [0.2, 0.25) is 5.02 Å². The van der Waals surface area contributed by atoms with E-state index in [0.29, 0.717) is 16.9 Å². The highest BCUT2D eigenvalue weighted by molar-refractivity contribution is 6.31. The molecular weight excluding hydrogens is 379 g/mol. The fourth-order valence-corrected chi connectivity index (χ4v) is 4.27. The molecule has 1 unspecified atom stereocenters. The highest BCUT2D eigenvalue weighted by Crippen LogP contribution is 2.35. The van der Waals surface area contributed by atoms with Crippen molar-refractivity contribution >= 4 is 28.8 Å². The number of aliphatic hydroxyl groups is 1. The Morgan fingerprint density at radius 3 is 2.79 bits per heavy atom. The fourth-order valence-electron chi connectivity index (χ4n) is 4.09. The van der Waals surface area contributed by atoms with E-state index in [9.17, 15) is 14.3 Å². The van der Waals surface area contributed by atoms with Crippen LogP contribution in [0.5, 0.6) is 0 Å². The molecule has 0 spiro atoms. The molecular formula is C22H22ClFN2O2. The van der Waals surface area contributed by atoms with E-state index in [0.717, 1.165) is 30.4 Å². The van der Waals surface area contributed by atoms with Crippen LogP contribution in [0, 0.1) is 5.82 Å². The van der Waals surface area contributed by atoms with Crippen LogP contribution in [0.4, 0.5) is 4.39 Å². The predicted octanol–water partition coefficient (Wildman–Crippen LogP) is 4.14. The SMILES string of the molecule is CN1CCc2c(c3cc(Cl)ccc3n2CC(C)(O)c2ccc(C=O)c(F)c2)C1. The summed E-state index contributed by atoms with van der Waals surface area (Å²) in [5, 5.41) is 13.0. The van der Waals surface area contributed by atoms with E-state index in [1.54, 1.807) is 13.0 Å². The third-order valence-corrected chi connectivity index (χ3v) is 5.86. The molecule has 1 aliphatic heterocycles. The van der Waals surface area contributed by atoms with Crippen molar-refractivity contribution in [1.29, 1.82) is 0 Å². The van der Waals surface area contributed by atoms with E-state index >= 15 is 0 Å². The predicted molar refractivity (Wildman–Crippen MR) is 108 cm³/mol. The lowest BCUT2D eigenvalue weighted by atomic mass is 9.94. The molecule has 0 aliphatic carbocycles. The van der Waals surface area contributed by atoms with Gasteiger partial charge in [-0.15, -0.1) is 0 Å². The average molecular weight is 401 g/mol. The molecule has 2 heterocycles. The second-order valence-corrected chi connectivity index (χ2v) is 8.23. The highest BCUT2D eigenvalue weighted by atomic mass is 35.5. The standard InChI is InChI=1S/C22H22ClFN2O2/c1-22(28,15-4-3-14(12-27)19(24)9-15)13-26-20-6-5-16(23)10-17(20)18-11-25(2)8-7-21(18)26/h3-6,9-10,12,28H,7-8,11,13H2,1-2H3. The summed E-state index contributed by atoms with van der Waals surface area (Å²) in [6, 6.07) is 10.1. The number of nitrogens with zero attached hydrogens (tertiary/aromatic N) is 2. The van der Waals surface area contributed by atoms with Gasteiger partial charge in [0, 0.05) is 41.1 Å². The lowest BCUT2D eigenvalue weighted by Crippen LogP contribution is -2.31. The van der Waals surface area contributed by atoms with Crippen molar-refractivity contribution in [2.75, 3.05) is 13.6 Å². The summed E-state index contributed by atoms with van der Waals surface area (Å²) in [7, 11) is 2.09. The Labute approximate surface area is 168 Å². The quantitative estimate of drug-likeness (QED) is 0.669. The van der Waals surface area contributed by atoms with Crippen LogP contribution in [0.3, 0.4) is 0 Å². The summed E-state index contributed by atoms with van der Waals surface area (Å²) in [6.45, 7) is 3.71. The van der Waals surface area contributed by atoms with Gasteiger partial charge in [0.1, 0.15) is 11.4 Å². The lowest BCUT2D eigenvalue weighted by molar-refractivity contribution is 0.0381. The van der Waals surface area contributed by atoms with E-state index in [1.807, 2.05) is 18.2 Å². The van der Waals surface area contributed by atoms with Gasteiger partial charge in [0.2, 0.25) is 0 Å². The van der Waals surface area contributed by atoms with Crippen LogP contribution >= 0.6 is 11.6 Å². The number of benzene rings is 2. The van der Waals surface area contributed by atoms with E-state index < -0.39 is 11.4 Å². The molecule has 146 valence electrons. The smallest absolute Gasteiger partial charge is 0.152 e. The molecule has 28 heavy (non-hydrogen) atoms. The van der Waals surface area contributed by atoms with Crippen LogP contribution < -0.4 is 0 Å². The van der Waals surface area contributed by atoms with E-state index in [4.69, 9.17) is 11.6 Å². The first kappa shape index (κ1) is 19.1. The first-order valence-electron chi connectivity index (χ1n) is 9.26.